The average Bonchev–Trinajstić information content (AvgIpc) is 2.29. The first-order chi connectivity index (χ1) is 8.50. The zero-order valence-corrected chi connectivity index (χ0v) is 10.4. The van der Waals surface area contributed by atoms with Crippen molar-refractivity contribution in [3.63, 3.8) is 0 Å². The minimum Gasteiger partial charge on any atom is -0.466 e. The number of hydrogen-bond donors (Lipinski definition) is 1. The van der Waals surface area contributed by atoms with Crippen LogP contribution in [0.5, 0.6) is 0 Å². The molecule has 0 atom stereocenters. The van der Waals surface area contributed by atoms with Crippen LogP contribution in [-0.2, 0) is 21.0 Å². The number of aryl methyl sites for hydroxylation is 1. The molecular formula is C11H16N2O5. The van der Waals surface area contributed by atoms with Crippen LogP contribution < -0.4 is 11.2 Å². The van der Waals surface area contributed by atoms with Crippen molar-refractivity contribution in [2.75, 3.05) is 13.2 Å². The topological polar surface area (TPSA) is 90.4 Å². The first-order valence-electron chi connectivity index (χ1n) is 5.52. The minimum atomic E-state index is -0.509. The summed E-state index contributed by atoms with van der Waals surface area (Å²) < 4.78 is 11.2. The largest absolute Gasteiger partial charge is 0.466 e. The van der Waals surface area contributed by atoms with Gasteiger partial charge in [0.1, 0.15) is 6.73 Å². The molecule has 7 nitrogen and oxygen atoms in total. The lowest BCUT2D eigenvalue weighted by atomic mass is 10.4. The molecule has 1 aromatic heterocycles. The summed E-state index contributed by atoms with van der Waals surface area (Å²) in [4.78, 5) is 35.1. The van der Waals surface area contributed by atoms with Gasteiger partial charge in [0, 0.05) is 25.1 Å². The lowest BCUT2D eigenvalue weighted by Gasteiger charge is -2.07. The first kappa shape index (κ1) is 14.2. The second kappa shape index (κ2) is 6.75. The Morgan fingerprint density at radius 3 is 2.78 bits per heavy atom. The summed E-state index contributed by atoms with van der Waals surface area (Å²) in [6, 6.07) is 0. The zero-order valence-electron chi connectivity index (χ0n) is 10.4. The van der Waals surface area contributed by atoms with Gasteiger partial charge in [-0.15, -0.1) is 0 Å². The Hall–Kier alpha value is -1.89. The molecule has 1 aromatic rings. The second-order valence-electron chi connectivity index (χ2n) is 3.77. The zero-order chi connectivity index (χ0) is 13.5. The third-order valence-electron chi connectivity index (χ3n) is 2.16. The third-order valence-corrected chi connectivity index (χ3v) is 2.16. The van der Waals surface area contributed by atoms with Crippen molar-refractivity contribution in [3.05, 3.63) is 32.6 Å². The van der Waals surface area contributed by atoms with Gasteiger partial charge >= 0.3 is 11.7 Å². The quantitative estimate of drug-likeness (QED) is 0.561. The van der Waals surface area contributed by atoms with E-state index in [1.807, 2.05) is 0 Å². The van der Waals surface area contributed by atoms with Gasteiger partial charge in [0.15, 0.2) is 0 Å². The number of aromatic amines is 1. The highest BCUT2D eigenvalue weighted by atomic mass is 16.5. The number of carbonyl (C=O) groups excluding carboxylic acids is 1. The SMILES string of the molecule is CC(=O)OCCCOCn1cc(C)c(=O)[nH]c1=O. The maximum Gasteiger partial charge on any atom is 0.330 e. The molecule has 0 spiro atoms. The van der Waals surface area contributed by atoms with Gasteiger partial charge < -0.3 is 9.47 Å². The van der Waals surface area contributed by atoms with E-state index < -0.39 is 11.2 Å². The maximum atomic E-state index is 11.4. The molecular weight excluding hydrogens is 240 g/mol. The molecule has 0 unspecified atom stereocenters. The van der Waals surface area contributed by atoms with E-state index in [2.05, 4.69) is 4.98 Å². The van der Waals surface area contributed by atoms with Gasteiger partial charge in [-0.2, -0.15) is 0 Å². The van der Waals surface area contributed by atoms with Gasteiger partial charge in [0.25, 0.3) is 5.56 Å². The summed E-state index contributed by atoms with van der Waals surface area (Å²) in [6.07, 6.45) is 1.99. The van der Waals surface area contributed by atoms with Gasteiger partial charge in [0.05, 0.1) is 13.2 Å². The Morgan fingerprint density at radius 1 is 1.39 bits per heavy atom. The maximum absolute atomic E-state index is 11.4. The van der Waals surface area contributed by atoms with Crippen molar-refractivity contribution in [2.24, 2.45) is 0 Å². The molecule has 0 bridgehead atoms. The molecule has 18 heavy (non-hydrogen) atoms. The van der Waals surface area contributed by atoms with Crippen LogP contribution in [-0.4, -0.2) is 28.7 Å². The van der Waals surface area contributed by atoms with E-state index in [1.54, 1.807) is 6.92 Å². The molecule has 0 aromatic carbocycles. The molecule has 0 fully saturated rings. The normalized spacial score (nSPS) is 10.3. The summed E-state index contributed by atoms with van der Waals surface area (Å²) in [7, 11) is 0. The number of rotatable bonds is 6. The Morgan fingerprint density at radius 2 is 2.11 bits per heavy atom. The number of aromatic nitrogens is 2. The molecule has 0 aliphatic rings. The van der Waals surface area contributed by atoms with Crippen molar-refractivity contribution in [1.82, 2.24) is 9.55 Å². The van der Waals surface area contributed by atoms with Crippen LogP contribution in [0.1, 0.15) is 18.9 Å². The van der Waals surface area contributed by atoms with Crippen molar-refractivity contribution in [3.8, 4) is 0 Å². The Bertz CT molecular complexity index is 517. The van der Waals surface area contributed by atoms with Crippen molar-refractivity contribution >= 4 is 5.97 Å². The third kappa shape index (κ3) is 4.54. The fraction of sp³-hybridized carbons (Fsp3) is 0.545. The molecule has 0 radical (unpaired) electrons. The molecule has 0 aliphatic heterocycles. The van der Waals surface area contributed by atoms with E-state index in [4.69, 9.17) is 9.47 Å². The predicted molar refractivity (Wildman–Crippen MR) is 63.3 cm³/mol. The number of nitrogens with zero attached hydrogens (tertiary/aromatic N) is 1. The molecule has 1 rings (SSSR count). The number of ether oxygens (including phenoxy) is 2. The number of esters is 1. The van der Waals surface area contributed by atoms with Gasteiger partial charge in [-0.1, -0.05) is 0 Å². The van der Waals surface area contributed by atoms with E-state index in [1.165, 1.54) is 17.7 Å². The minimum absolute atomic E-state index is 0.0521. The molecule has 0 saturated heterocycles. The van der Waals surface area contributed by atoms with Crippen LogP contribution in [0.4, 0.5) is 0 Å². The van der Waals surface area contributed by atoms with Crippen LogP contribution in [0, 0.1) is 6.92 Å². The van der Waals surface area contributed by atoms with Crippen molar-refractivity contribution in [1.29, 1.82) is 0 Å². The summed E-state index contributed by atoms with van der Waals surface area (Å²) in [5, 5.41) is 0. The van der Waals surface area contributed by atoms with Crippen LogP contribution in [0.25, 0.3) is 0 Å². The van der Waals surface area contributed by atoms with Crippen molar-refractivity contribution < 1.29 is 14.3 Å². The van der Waals surface area contributed by atoms with E-state index >= 15 is 0 Å². The smallest absolute Gasteiger partial charge is 0.330 e. The summed E-state index contributed by atoms with van der Waals surface area (Å²) in [5.74, 6) is -0.331. The predicted octanol–water partition coefficient (Wildman–Crippen LogP) is -0.228. The number of nitrogens with one attached hydrogen (secondary N) is 1. The van der Waals surface area contributed by atoms with E-state index in [-0.39, 0.29) is 19.3 Å². The molecule has 0 saturated carbocycles. The molecule has 1 N–H and O–H groups in total. The second-order valence-corrected chi connectivity index (χ2v) is 3.77. The van der Waals surface area contributed by atoms with Gasteiger partial charge in [0.2, 0.25) is 0 Å². The fourth-order valence-electron chi connectivity index (χ4n) is 1.25. The molecule has 0 aliphatic carbocycles. The van der Waals surface area contributed by atoms with Crippen LogP contribution in [0.3, 0.4) is 0 Å². The highest BCUT2D eigenvalue weighted by Crippen LogP contribution is 1.89. The van der Waals surface area contributed by atoms with Crippen LogP contribution >= 0.6 is 0 Å². The highest BCUT2D eigenvalue weighted by Gasteiger charge is 2.00. The lowest BCUT2D eigenvalue weighted by Crippen LogP contribution is -2.31. The summed E-state index contributed by atoms with van der Waals surface area (Å²) in [6.45, 7) is 3.64. The standard InChI is InChI=1S/C11H16N2O5/c1-8-6-13(11(16)12-10(8)15)7-17-4-3-5-18-9(2)14/h6H,3-5,7H2,1-2H3,(H,12,15,16). The monoisotopic (exact) mass is 256 g/mol. The van der Waals surface area contributed by atoms with E-state index in [0.29, 0.717) is 18.6 Å². The van der Waals surface area contributed by atoms with E-state index in [9.17, 15) is 14.4 Å². The van der Waals surface area contributed by atoms with Gasteiger partial charge in [-0.05, 0) is 6.92 Å². The Labute approximate surface area is 103 Å². The summed E-state index contributed by atoms with van der Waals surface area (Å²) >= 11 is 0. The average molecular weight is 256 g/mol. The molecule has 100 valence electrons. The number of H-pyrrole nitrogens is 1. The van der Waals surface area contributed by atoms with Gasteiger partial charge in [-0.25, -0.2) is 4.79 Å². The molecule has 0 amide bonds. The van der Waals surface area contributed by atoms with Crippen LogP contribution in [0.15, 0.2) is 15.8 Å². The van der Waals surface area contributed by atoms with Crippen molar-refractivity contribution in [2.45, 2.75) is 27.0 Å². The Balaban J connectivity index is 2.36. The highest BCUT2D eigenvalue weighted by molar-refractivity contribution is 5.65. The van der Waals surface area contributed by atoms with E-state index in [0.717, 1.165) is 0 Å². The number of carbonyl (C=O) groups is 1. The van der Waals surface area contributed by atoms with Gasteiger partial charge in [-0.3, -0.25) is 19.1 Å². The summed E-state index contributed by atoms with van der Waals surface area (Å²) in [5.41, 5.74) is -0.463. The first-order valence-corrected chi connectivity index (χ1v) is 5.52. The van der Waals surface area contributed by atoms with Crippen LogP contribution in [0.2, 0.25) is 0 Å². The number of hydrogen-bond acceptors (Lipinski definition) is 5. The molecule has 7 heteroatoms. The lowest BCUT2D eigenvalue weighted by molar-refractivity contribution is -0.141. The Kier molecular flexibility index (Phi) is 5.31. The fourth-order valence-corrected chi connectivity index (χ4v) is 1.25. The molecule has 1 heterocycles.